The van der Waals surface area contributed by atoms with E-state index in [0.717, 1.165) is 27.5 Å². The first kappa shape index (κ1) is 13.7. The number of rotatable bonds is 4. The zero-order chi connectivity index (χ0) is 14.5. The number of para-hydroxylation sites is 1. The Morgan fingerprint density at radius 2 is 1.76 bits per heavy atom. The lowest BCUT2D eigenvalue weighted by molar-refractivity contribution is 0.307. The molecule has 1 radical (unpaired) electrons. The Morgan fingerprint density at radius 1 is 0.905 bits per heavy atom. The SMILES string of the molecule is Clc1cccc(COc2[c]cccc2-c2ccccc2)c1. The van der Waals surface area contributed by atoms with Crippen LogP contribution in [-0.2, 0) is 6.61 Å². The van der Waals surface area contributed by atoms with Crippen LogP contribution in [0.5, 0.6) is 5.75 Å². The number of hydrogen-bond donors (Lipinski definition) is 0. The molecule has 0 atom stereocenters. The average molecular weight is 294 g/mol. The molecule has 0 heterocycles. The Morgan fingerprint density at radius 3 is 2.57 bits per heavy atom. The zero-order valence-corrected chi connectivity index (χ0v) is 12.2. The summed E-state index contributed by atoms with van der Waals surface area (Å²) in [5.41, 5.74) is 3.20. The largest absolute Gasteiger partial charge is 0.488 e. The van der Waals surface area contributed by atoms with Crippen molar-refractivity contribution in [2.45, 2.75) is 6.61 Å². The molecule has 3 rings (SSSR count). The molecule has 3 aromatic rings. The van der Waals surface area contributed by atoms with Crippen molar-refractivity contribution in [3.05, 3.63) is 89.4 Å². The molecule has 0 aliphatic rings. The molecule has 0 saturated heterocycles. The molecule has 0 fully saturated rings. The molecule has 103 valence electrons. The number of hydrogen-bond acceptors (Lipinski definition) is 1. The molecular weight excluding hydrogens is 280 g/mol. The highest BCUT2D eigenvalue weighted by atomic mass is 35.5. The van der Waals surface area contributed by atoms with Gasteiger partial charge in [-0.15, -0.1) is 0 Å². The fourth-order valence-electron chi connectivity index (χ4n) is 2.17. The molecule has 0 unspecified atom stereocenters. The summed E-state index contributed by atoms with van der Waals surface area (Å²) < 4.78 is 5.92. The molecular formula is C19H14ClO. The lowest BCUT2D eigenvalue weighted by Crippen LogP contribution is -1.97. The van der Waals surface area contributed by atoms with Crippen LogP contribution in [0.15, 0.2) is 72.8 Å². The van der Waals surface area contributed by atoms with Crippen LogP contribution in [0, 0.1) is 6.07 Å². The van der Waals surface area contributed by atoms with Crippen LogP contribution in [0.3, 0.4) is 0 Å². The number of halogens is 1. The van der Waals surface area contributed by atoms with E-state index >= 15 is 0 Å². The van der Waals surface area contributed by atoms with E-state index in [1.165, 1.54) is 0 Å². The van der Waals surface area contributed by atoms with Crippen molar-refractivity contribution in [3.8, 4) is 16.9 Å². The van der Waals surface area contributed by atoms with Gasteiger partial charge in [0.25, 0.3) is 0 Å². The Bertz CT molecular complexity index is 722. The summed E-state index contributed by atoms with van der Waals surface area (Å²) in [5, 5.41) is 0.719. The molecule has 0 bridgehead atoms. The van der Waals surface area contributed by atoms with Crippen molar-refractivity contribution in [1.82, 2.24) is 0 Å². The van der Waals surface area contributed by atoms with E-state index in [0.29, 0.717) is 6.61 Å². The molecule has 2 heteroatoms. The minimum absolute atomic E-state index is 0.473. The van der Waals surface area contributed by atoms with Crippen molar-refractivity contribution in [1.29, 1.82) is 0 Å². The van der Waals surface area contributed by atoms with Gasteiger partial charge in [-0.1, -0.05) is 72.3 Å². The highest BCUT2D eigenvalue weighted by Gasteiger charge is 2.06. The third-order valence-electron chi connectivity index (χ3n) is 3.18. The maximum atomic E-state index is 5.99. The highest BCUT2D eigenvalue weighted by molar-refractivity contribution is 6.30. The maximum absolute atomic E-state index is 5.99. The third-order valence-corrected chi connectivity index (χ3v) is 3.41. The van der Waals surface area contributed by atoms with E-state index in [1.807, 2.05) is 60.7 Å². The minimum atomic E-state index is 0.473. The fraction of sp³-hybridized carbons (Fsp3) is 0.0526. The molecule has 0 amide bonds. The van der Waals surface area contributed by atoms with Gasteiger partial charge < -0.3 is 4.74 Å². The smallest absolute Gasteiger partial charge is 0.135 e. The van der Waals surface area contributed by atoms with Crippen LogP contribution in [0.2, 0.25) is 5.02 Å². The van der Waals surface area contributed by atoms with Gasteiger partial charge in [-0.3, -0.25) is 0 Å². The van der Waals surface area contributed by atoms with Crippen LogP contribution in [0.25, 0.3) is 11.1 Å². The van der Waals surface area contributed by atoms with E-state index < -0.39 is 0 Å². The van der Waals surface area contributed by atoms with E-state index in [1.54, 1.807) is 0 Å². The van der Waals surface area contributed by atoms with Crippen LogP contribution >= 0.6 is 11.6 Å². The van der Waals surface area contributed by atoms with Gasteiger partial charge in [0.05, 0.1) is 0 Å². The molecule has 0 aromatic heterocycles. The Kier molecular flexibility index (Phi) is 4.23. The molecule has 0 aliphatic heterocycles. The monoisotopic (exact) mass is 293 g/mol. The molecule has 21 heavy (non-hydrogen) atoms. The zero-order valence-electron chi connectivity index (χ0n) is 11.4. The minimum Gasteiger partial charge on any atom is -0.488 e. The van der Waals surface area contributed by atoms with Crippen molar-refractivity contribution >= 4 is 11.6 Å². The van der Waals surface area contributed by atoms with E-state index in [4.69, 9.17) is 16.3 Å². The summed E-state index contributed by atoms with van der Waals surface area (Å²) in [5.74, 6) is 0.753. The standard InChI is InChI=1S/C19H14ClO/c20-17-10-6-7-15(13-17)14-21-19-12-5-4-11-18(19)16-8-2-1-3-9-16/h1-11,13H,14H2. The maximum Gasteiger partial charge on any atom is 0.135 e. The van der Waals surface area contributed by atoms with Crippen LogP contribution < -0.4 is 4.74 Å². The first-order valence-electron chi connectivity index (χ1n) is 6.76. The molecule has 3 aromatic carbocycles. The predicted molar refractivity (Wildman–Crippen MR) is 86.5 cm³/mol. The predicted octanol–water partition coefficient (Wildman–Crippen LogP) is 5.39. The second-order valence-corrected chi connectivity index (χ2v) is 5.13. The van der Waals surface area contributed by atoms with E-state index in [2.05, 4.69) is 18.2 Å². The van der Waals surface area contributed by atoms with Crippen molar-refractivity contribution in [2.75, 3.05) is 0 Å². The van der Waals surface area contributed by atoms with Crippen molar-refractivity contribution < 1.29 is 4.74 Å². The second kappa shape index (κ2) is 6.47. The topological polar surface area (TPSA) is 9.23 Å². The summed E-state index contributed by atoms with van der Waals surface area (Å²) in [6.45, 7) is 0.473. The summed E-state index contributed by atoms with van der Waals surface area (Å²) in [6, 6.07) is 26.9. The first-order valence-corrected chi connectivity index (χ1v) is 7.14. The number of benzene rings is 3. The lowest BCUT2D eigenvalue weighted by Gasteiger charge is -2.11. The normalized spacial score (nSPS) is 10.3. The fourth-order valence-corrected chi connectivity index (χ4v) is 2.38. The molecule has 0 N–H and O–H groups in total. The summed E-state index contributed by atoms with van der Waals surface area (Å²) >= 11 is 5.99. The average Bonchev–Trinajstić information content (AvgIpc) is 2.54. The van der Waals surface area contributed by atoms with Gasteiger partial charge >= 0.3 is 0 Å². The summed E-state index contributed by atoms with van der Waals surface area (Å²) in [4.78, 5) is 0. The van der Waals surface area contributed by atoms with Gasteiger partial charge in [-0.2, -0.15) is 0 Å². The van der Waals surface area contributed by atoms with Crippen LogP contribution in [0.4, 0.5) is 0 Å². The van der Waals surface area contributed by atoms with E-state index in [-0.39, 0.29) is 0 Å². The van der Waals surface area contributed by atoms with Gasteiger partial charge in [-0.05, 0) is 23.3 Å². The summed E-state index contributed by atoms with van der Waals surface area (Å²) in [6.07, 6.45) is 0. The highest BCUT2D eigenvalue weighted by Crippen LogP contribution is 2.29. The lowest BCUT2D eigenvalue weighted by atomic mass is 10.1. The molecule has 1 nitrogen and oxygen atoms in total. The molecule has 0 aliphatic carbocycles. The molecule has 0 spiro atoms. The van der Waals surface area contributed by atoms with E-state index in [9.17, 15) is 0 Å². The Balaban J connectivity index is 1.83. The number of ether oxygens (including phenoxy) is 1. The quantitative estimate of drug-likeness (QED) is 0.627. The van der Waals surface area contributed by atoms with Gasteiger partial charge in [0, 0.05) is 16.7 Å². The third kappa shape index (κ3) is 3.45. The van der Waals surface area contributed by atoms with Gasteiger partial charge in [0.15, 0.2) is 0 Å². The summed E-state index contributed by atoms with van der Waals surface area (Å²) in [7, 11) is 0. The van der Waals surface area contributed by atoms with Gasteiger partial charge in [0.1, 0.15) is 12.4 Å². The Labute approximate surface area is 129 Å². The molecule has 0 saturated carbocycles. The van der Waals surface area contributed by atoms with Crippen molar-refractivity contribution in [2.24, 2.45) is 0 Å². The van der Waals surface area contributed by atoms with Crippen LogP contribution in [-0.4, -0.2) is 0 Å². The van der Waals surface area contributed by atoms with Gasteiger partial charge in [0.2, 0.25) is 0 Å². The first-order chi connectivity index (χ1) is 10.3. The van der Waals surface area contributed by atoms with Crippen LogP contribution in [0.1, 0.15) is 5.56 Å². The van der Waals surface area contributed by atoms with Gasteiger partial charge in [-0.25, -0.2) is 0 Å². The van der Waals surface area contributed by atoms with Crippen molar-refractivity contribution in [3.63, 3.8) is 0 Å². The Hall–Kier alpha value is -2.25. The second-order valence-electron chi connectivity index (χ2n) is 4.70.